The lowest BCUT2D eigenvalue weighted by atomic mass is 9.72. The van der Waals surface area contributed by atoms with Crippen molar-refractivity contribution in [2.24, 2.45) is 0 Å². The van der Waals surface area contributed by atoms with Crippen molar-refractivity contribution in [3.8, 4) is 5.88 Å². The SMILES string of the molecule is COc1nc2ccc(Cl)cc2cc1C(c1ccccc1)C(O)(CCc1ccccc1)CCN(C)C. The van der Waals surface area contributed by atoms with Gasteiger partial charge < -0.3 is 14.7 Å². The highest BCUT2D eigenvalue weighted by atomic mass is 35.5. The summed E-state index contributed by atoms with van der Waals surface area (Å²) in [6.45, 7) is 0.754. The van der Waals surface area contributed by atoms with Crippen molar-refractivity contribution in [1.29, 1.82) is 0 Å². The Morgan fingerprint density at radius 2 is 1.63 bits per heavy atom. The van der Waals surface area contributed by atoms with Crippen LogP contribution in [0.4, 0.5) is 0 Å². The number of aromatic nitrogens is 1. The summed E-state index contributed by atoms with van der Waals surface area (Å²) in [5, 5.41) is 14.1. The Morgan fingerprint density at radius 3 is 2.29 bits per heavy atom. The Kier molecular flexibility index (Phi) is 8.07. The Bertz CT molecular complexity index is 1250. The lowest BCUT2D eigenvalue weighted by Crippen LogP contribution is -2.40. The van der Waals surface area contributed by atoms with Crippen LogP contribution >= 0.6 is 11.6 Å². The van der Waals surface area contributed by atoms with Gasteiger partial charge in [0.2, 0.25) is 5.88 Å². The number of fused-ring (bicyclic) bond motifs is 1. The molecule has 1 N–H and O–H groups in total. The first-order chi connectivity index (χ1) is 16.9. The highest BCUT2D eigenvalue weighted by Gasteiger charge is 2.40. The molecule has 1 heterocycles. The maximum Gasteiger partial charge on any atom is 0.217 e. The van der Waals surface area contributed by atoms with Gasteiger partial charge >= 0.3 is 0 Å². The van der Waals surface area contributed by atoms with Crippen LogP contribution in [0.5, 0.6) is 5.88 Å². The number of hydrogen-bond acceptors (Lipinski definition) is 4. The van der Waals surface area contributed by atoms with Gasteiger partial charge in [-0.3, -0.25) is 0 Å². The van der Waals surface area contributed by atoms with Crippen molar-refractivity contribution in [2.75, 3.05) is 27.7 Å². The Hall–Kier alpha value is -2.92. The van der Waals surface area contributed by atoms with E-state index in [1.165, 1.54) is 5.56 Å². The van der Waals surface area contributed by atoms with Crippen LogP contribution < -0.4 is 4.74 Å². The third-order valence-corrected chi connectivity index (χ3v) is 6.86. The Labute approximate surface area is 213 Å². The van der Waals surface area contributed by atoms with E-state index in [0.29, 0.717) is 23.7 Å². The zero-order valence-corrected chi connectivity index (χ0v) is 21.4. The number of benzene rings is 3. The number of methoxy groups -OCH3 is 1. The van der Waals surface area contributed by atoms with Crippen LogP contribution in [0.15, 0.2) is 84.9 Å². The second-order valence-electron chi connectivity index (χ2n) is 9.41. The van der Waals surface area contributed by atoms with Crippen LogP contribution in [0.25, 0.3) is 10.9 Å². The van der Waals surface area contributed by atoms with Crippen LogP contribution in [0.2, 0.25) is 5.02 Å². The first-order valence-corrected chi connectivity index (χ1v) is 12.4. The number of hydrogen-bond donors (Lipinski definition) is 1. The maximum absolute atomic E-state index is 12.5. The Balaban J connectivity index is 1.87. The topological polar surface area (TPSA) is 45.6 Å². The molecule has 4 rings (SSSR count). The van der Waals surface area contributed by atoms with E-state index in [2.05, 4.69) is 35.2 Å². The average Bonchev–Trinajstić information content (AvgIpc) is 2.87. The molecule has 5 heteroatoms. The predicted octanol–water partition coefficient (Wildman–Crippen LogP) is 6.34. The summed E-state index contributed by atoms with van der Waals surface area (Å²) in [6, 6.07) is 28.3. The van der Waals surface area contributed by atoms with Crippen LogP contribution in [0, 0.1) is 0 Å². The smallest absolute Gasteiger partial charge is 0.217 e. The summed E-state index contributed by atoms with van der Waals surface area (Å²) < 4.78 is 5.80. The molecule has 4 nitrogen and oxygen atoms in total. The molecule has 0 bridgehead atoms. The van der Waals surface area contributed by atoms with Gasteiger partial charge in [0.25, 0.3) is 0 Å². The fourth-order valence-corrected chi connectivity index (χ4v) is 4.96. The standard InChI is InChI=1S/C30H33ClN2O2/c1-33(2)19-18-30(34,17-16-22-10-6-4-7-11-22)28(23-12-8-5-9-13-23)26-21-24-20-25(31)14-15-27(24)32-29(26)35-3/h4-15,20-21,28,34H,16-19H2,1-3H3. The number of aliphatic hydroxyl groups is 1. The second kappa shape index (κ2) is 11.2. The van der Waals surface area contributed by atoms with E-state index in [1.807, 2.05) is 68.7 Å². The normalized spacial score (nSPS) is 14.1. The molecular weight excluding hydrogens is 456 g/mol. The molecule has 0 amide bonds. The summed E-state index contributed by atoms with van der Waals surface area (Å²) in [5.74, 6) is 0.190. The molecular formula is C30H33ClN2O2. The van der Waals surface area contributed by atoms with E-state index < -0.39 is 5.60 Å². The van der Waals surface area contributed by atoms with E-state index >= 15 is 0 Å². The first kappa shape index (κ1) is 25.2. The van der Waals surface area contributed by atoms with Crippen LogP contribution in [-0.2, 0) is 6.42 Å². The van der Waals surface area contributed by atoms with Gasteiger partial charge in [0.1, 0.15) is 0 Å². The highest BCUT2D eigenvalue weighted by molar-refractivity contribution is 6.31. The fourth-order valence-electron chi connectivity index (χ4n) is 4.78. The molecule has 2 atom stereocenters. The van der Waals surface area contributed by atoms with E-state index in [1.54, 1.807) is 7.11 Å². The van der Waals surface area contributed by atoms with Crippen molar-refractivity contribution >= 4 is 22.5 Å². The molecule has 0 saturated heterocycles. The van der Waals surface area contributed by atoms with Crippen molar-refractivity contribution < 1.29 is 9.84 Å². The number of ether oxygens (including phenoxy) is 1. The van der Waals surface area contributed by atoms with Gasteiger partial charge in [-0.25, -0.2) is 4.98 Å². The summed E-state index contributed by atoms with van der Waals surface area (Å²) >= 11 is 6.32. The molecule has 0 fully saturated rings. The molecule has 182 valence electrons. The van der Waals surface area contributed by atoms with Gasteiger partial charge in [-0.2, -0.15) is 0 Å². The van der Waals surface area contributed by atoms with Crippen LogP contribution in [0.1, 0.15) is 35.4 Å². The fraction of sp³-hybridized carbons (Fsp3) is 0.300. The van der Waals surface area contributed by atoms with Crippen molar-refractivity contribution in [1.82, 2.24) is 9.88 Å². The zero-order valence-electron chi connectivity index (χ0n) is 20.6. The number of nitrogens with zero attached hydrogens (tertiary/aromatic N) is 2. The third-order valence-electron chi connectivity index (χ3n) is 6.63. The molecule has 0 aliphatic heterocycles. The molecule has 0 radical (unpaired) electrons. The van der Waals surface area contributed by atoms with Crippen molar-refractivity contribution in [3.63, 3.8) is 0 Å². The van der Waals surface area contributed by atoms with E-state index in [-0.39, 0.29) is 5.92 Å². The summed E-state index contributed by atoms with van der Waals surface area (Å²) in [5.41, 5.74) is 2.87. The van der Waals surface area contributed by atoms with E-state index in [0.717, 1.165) is 35.0 Å². The van der Waals surface area contributed by atoms with Gasteiger partial charge in [0, 0.05) is 28.4 Å². The van der Waals surface area contributed by atoms with Gasteiger partial charge in [0.15, 0.2) is 0 Å². The lowest BCUT2D eigenvalue weighted by Gasteiger charge is -2.38. The summed E-state index contributed by atoms with van der Waals surface area (Å²) in [4.78, 5) is 6.92. The van der Waals surface area contributed by atoms with E-state index in [9.17, 15) is 5.11 Å². The van der Waals surface area contributed by atoms with Gasteiger partial charge in [-0.15, -0.1) is 0 Å². The minimum atomic E-state index is -1.04. The van der Waals surface area contributed by atoms with Gasteiger partial charge in [-0.05, 0) is 68.8 Å². The van der Waals surface area contributed by atoms with Gasteiger partial charge in [0.05, 0.1) is 18.2 Å². The molecule has 2 unspecified atom stereocenters. The minimum absolute atomic E-state index is 0.335. The van der Waals surface area contributed by atoms with Crippen molar-refractivity contribution in [2.45, 2.75) is 30.8 Å². The zero-order chi connectivity index (χ0) is 24.8. The first-order valence-electron chi connectivity index (χ1n) is 12.0. The average molecular weight is 489 g/mol. The monoisotopic (exact) mass is 488 g/mol. The number of halogens is 1. The third kappa shape index (κ3) is 6.02. The number of rotatable bonds is 10. The molecule has 0 saturated carbocycles. The number of aryl methyl sites for hydroxylation is 1. The molecule has 0 aliphatic rings. The number of pyridine rings is 1. The summed E-state index contributed by atoms with van der Waals surface area (Å²) in [6.07, 6.45) is 1.97. The molecule has 4 aromatic rings. The van der Waals surface area contributed by atoms with Crippen LogP contribution in [0.3, 0.4) is 0 Å². The lowest BCUT2D eigenvalue weighted by molar-refractivity contribution is 0.000777. The quantitative estimate of drug-likeness (QED) is 0.283. The molecule has 0 aliphatic carbocycles. The van der Waals surface area contributed by atoms with Crippen LogP contribution in [-0.4, -0.2) is 48.3 Å². The molecule has 1 aromatic heterocycles. The summed E-state index contributed by atoms with van der Waals surface area (Å²) in [7, 11) is 5.71. The second-order valence-corrected chi connectivity index (χ2v) is 9.85. The minimum Gasteiger partial charge on any atom is -0.481 e. The highest BCUT2D eigenvalue weighted by Crippen LogP contribution is 2.44. The largest absolute Gasteiger partial charge is 0.481 e. The molecule has 3 aromatic carbocycles. The van der Waals surface area contributed by atoms with E-state index in [4.69, 9.17) is 21.3 Å². The van der Waals surface area contributed by atoms with Crippen molar-refractivity contribution in [3.05, 3.63) is 107 Å². The van der Waals surface area contributed by atoms with Gasteiger partial charge in [-0.1, -0.05) is 72.3 Å². The molecule has 35 heavy (non-hydrogen) atoms. The molecule has 0 spiro atoms. The maximum atomic E-state index is 12.5. The Morgan fingerprint density at radius 1 is 0.943 bits per heavy atom. The predicted molar refractivity (Wildman–Crippen MR) is 144 cm³/mol.